The SMILES string of the molecule is N#Cc1cccc(CSc2cc(Br)ccc2C(=O)O)c1. The zero-order valence-electron chi connectivity index (χ0n) is 10.3. The van der Waals surface area contributed by atoms with E-state index in [1.165, 1.54) is 11.8 Å². The second-order valence-electron chi connectivity index (χ2n) is 4.05. The molecule has 0 aliphatic carbocycles. The van der Waals surface area contributed by atoms with Crippen LogP contribution in [-0.2, 0) is 5.75 Å². The number of nitrogens with zero attached hydrogens (tertiary/aromatic N) is 1. The van der Waals surface area contributed by atoms with E-state index >= 15 is 0 Å². The van der Waals surface area contributed by atoms with Gasteiger partial charge in [-0.25, -0.2) is 4.79 Å². The van der Waals surface area contributed by atoms with Crippen LogP contribution in [0.2, 0.25) is 0 Å². The van der Waals surface area contributed by atoms with Crippen LogP contribution in [0.4, 0.5) is 0 Å². The molecule has 2 aromatic carbocycles. The third kappa shape index (κ3) is 3.62. The van der Waals surface area contributed by atoms with E-state index in [1.807, 2.05) is 18.2 Å². The van der Waals surface area contributed by atoms with Gasteiger partial charge in [-0.05, 0) is 35.9 Å². The molecule has 0 saturated carbocycles. The van der Waals surface area contributed by atoms with E-state index in [0.717, 1.165) is 10.0 Å². The van der Waals surface area contributed by atoms with Crippen LogP contribution in [0.15, 0.2) is 51.8 Å². The summed E-state index contributed by atoms with van der Waals surface area (Å²) in [7, 11) is 0. The molecule has 0 fully saturated rings. The number of rotatable bonds is 4. The lowest BCUT2D eigenvalue weighted by atomic mass is 10.2. The average Bonchev–Trinajstić information content (AvgIpc) is 2.45. The highest BCUT2D eigenvalue weighted by molar-refractivity contribution is 9.10. The molecule has 2 rings (SSSR count). The van der Waals surface area contributed by atoms with Crippen molar-refractivity contribution in [2.24, 2.45) is 0 Å². The third-order valence-corrected chi connectivity index (χ3v) is 4.24. The van der Waals surface area contributed by atoms with Crippen molar-refractivity contribution in [2.45, 2.75) is 10.6 Å². The van der Waals surface area contributed by atoms with Gasteiger partial charge in [0.1, 0.15) is 0 Å². The molecule has 0 radical (unpaired) electrons. The van der Waals surface area contributed by atoms with E-state index in [-0.39, 0.29) is 5.56 Å². The Kier molecular flexibility index (Phi) is 4.83. The normalized spacial score (nSPS) is 10.0. The summed E-state index contributed by atoms with van der Waals surface area (Å²) in [6.45, 7) is 0. The van der Waals surface area contributed by atoms with Gasteiger partial charge >= 0.3 is 5.97 Å². The van der Waals surface area contributed by atoms with E-state index < -0.39 is 5.97 Å². The number of benzene rings is 2. The quantitative estimate of drug-likeness (QED) is 0.837. The fourth-order valence-corrected chi connectivity index (χ4v) is 3.22. The molecule has 3 nitrogen and oxygen atoms in total. The molecule has 0 unspecified atom stereocenters. The first-order valence-electron chi connectivity index (χ1n) is 5.75. The van der Waals surface area contributed by atoms with Crippen molar-refractivity contribution in [2.75, 3.05) is 0 Å². The van der Waals surface area contributed by atoms with Gasteiger partial charge in [-0.2, -0.15) is 5.26 Å². The minimum atomic E-state index is -0.939. The van der Waals surface area contributed by atoms with E-state index in [0.29, 0.717) is 16.2 Å². The minimum Gasteiger partial charge on any atom is -0.478 e. The second-order valence-corrected chi connectivity index (χ2v) is 5.98. The number of carboxylic acids is 1. The summed E-state index contributed by atoms with van der Waals surface area (Å²) in [6, 6.07) is 14.5. The number of hydrogen-bond donors (Lipinski definition) is 1. The molecule has 100 valence electrons. The molecule has 0 spiro atoms. The van der Waals surface area contributed by atoms with Crippen LogP contribution in [0, 0.1) is 11.3 Å². The summed E-state index contributed by atoms with van der Waals surface area (Å²) in [6.07, 6.45) is 0. The maximum atomic E-state index is 11.2. The molecule has 0 aromatic heterocycles. The smallest absolute Gasteiger partial charge is 0.336 e. The van der Waals surface area contributed by atoms with Crippen molar-refractivity contribution in [3.8, 4) is 6.07 Å². The largest absolute Gasteiger partial charge is 0.478 e. The minimum absolute atomic E-state index is 0.287. The number of nitriles is 1. The van der Waals surface area contributed by atoms with Gasteiger partial charge in [-0.15, -0.1) is 11.8 Å². The fraction of sp³-hybridized carbons (Fsp3) is 0.0667. The topological polar surface area (TPSA) is 61.1 Å². The fourth-order valence-electron chi connectivity index (χ4n) is 1.68. The Morgan fingerprint density at radius 1 is 1.30 bits per heavy atom. The van der Waals surface area contributed by atoms with Gasteiger partial charge in [0.25, 0.3) is 0 Å². The second kappa shape index (κ2) is 6.60. The zero-order chi connectivity index (χ0) is 14.5. The third-order valence-electron chi connectivity index (χ3n) is 2.62. The first-order valence-corrected chi connectivity index (χ1v) is 7.52. The predicted molar refractivity (Wildman–Crippen MR) is 81.8 cm³/mol. The molecular formula is C15H10BrNO2S. The number of halogens is 1. The van der Waals surface area contributed by atoms with Gasteiger partial charge < -0.3 is 5.11 Å². The van der Waals surface area contributed by atoms with Gasteiger partial charge in [0.2, 0.25) is 0 Å². The summed E-state index contributed by atoms with van der Waals surface area (Å²) in [5.74, 6) is -0.322. The summed E-state index contributed by atoms with van der Waals surface area (Å²) >= 11 is 4.79. The number of thioether (sulfide) groups is 1. The maximum Gasteiger partial charge on any atom is 0.336 e. The van der Waals surface area contributed by atoms with Crippen molar-refractivity contribution < 1.29 is 9.90 Å². The molecule has 20 heavy (non-hydrogen) atoms. The van der Waals surface area contributed by atoms with Gasteiger partial charge in [0, 0.05) is 15.1 Å². The molecule has 0 aliphatic heterocycles. The highest BCUT2D eigenvalue weighted by Gasteiger charge is 2.11. The lowest BCUT2D eigenvalue weighted by Gasteiger charge is -2.07. The molecule has 0 heterocycles. The molecule has 2 aromatic rings. The van der Waals surface area contributed by atoms with Crippen LogP contribution in [0.25, 0.3) is 0 Å². The number of hydrogen-bond acceptors (Lipinski definition) is 3. The molecule has 5 heteroatoms. The number of aromatic carboxylic acids is 1. The molecule has 0 atom stereocenters. The Morgan fingerprint density at radius 2 is 2.10 bits per heavy atom. The highest BCUT2D eigenvalue weighted by Crippen LogP contribution is 2.29. The Morgan fingerprint density at radius 3 is 2.80 bits per heavy atom. The summed E-state index contributed by atoms with van der Waals surface area (Å²) in [4.78, 5) is 11.9. The summed E-state index contributed by atoms with van der Waals surface area (Å²) in [5.41, 5.74) is 1.89. The van der Waals surface area contributed by atoms with Crippen molar-refractivity contribution in [3.05, 3.63) is 63.6 Å². The van der Waals surface area contributed by atoms with Gasteiger partial charge in [-0.3, -0.25) is 0 Å². The lowest BCUT2D eigenvalue weighted by molar-refractivity contribution is 0.0693. The Labute approximate surface area is 129 Å². The molecule has 0 amide bonds. The summed E-state index contributed by atoms with van der Waals surface area (Å²) in [5, 5.41) is 18.0. The lowest BCUT2D eigenvalue weighted by Crippen LogP contribution is -1.98. The van der Waals surface area contributed by atoms with Gasteiger partial charge in [0.15, 0.2) is 0 Å². The van der Waals surface area contributed by atoms with Gasteiger partial charge in [-0.1, -0.05) is 28.1 Å². The van der Waals surface area contributed by atoms with Crippen LogP contribution in [0.1, 0.15) is 21.5 Å². The molecule has 0 bridgehead atoms. The Bertz CT molecular complexity index is 695. The molecule has 1 N–H and O–H groups in total. The molecule has 0 aliphatic rings. The highest BCUT2D eigenvalue weighted by atomic mass is 79.9. The van der Waals surface area contributed by atoms with E-state index in [9.17, 15) is 4.79 Å². The first kappa shape index (κ1) is 14.6. The van der Waals surface area contributed by atoms with E-state index in [1.54, 1.807) is 24.3 Å². The number of carbonyl (C=O) groups is 1. The van der Waals surface area contributed by atoms with E-state index in [4.69, 9.17) is 10.4 Å². The predicted octanol–water partition coefficient (Wildman–Crippen LogP) is 4.31. The van der Waals surface area contributed by atoms with Crippen LogP contribution in [0.5, 0.6) is 0 Å². The van der Waals surface area contributed by atoms with Crippen LogP contribution in [-0.4, -0.2) is 11.1 Å². The van der Waals surface area contributed by atoms with Crippen molar-refractivity contribution >= 4 is 33.7 Å². The maximum absolute atomic E-state index is 11.2. The van der Waals surface area contributed by atoms with Crippen LogP contribution in [0.3, 0.4) is 0 Å². The van der Waals surface area contributed by atoms with Crippen molar-refractivity contribution in [3.63, 3.8) is 0 Å². The van der Waals surface area contributed by atoms with Crippen LogP contribution >= 0.6 is 27.7 Å². The zero-order valence-corrected chi connectivity index (χ0v) is 12.7. The average molecular weight is 348 g/mol. The van der Waals surface area contributed by atoms with Crippen molar-refractivity contribution in [1.82, 2.24) is 0 Å². The van der Waals surface area contributed by atoms with Crippen molar-refractivity contribution in [1.29, 1.82) is 5.26 Å². The molecule has 0 saturated heterocycles. The Hall–Kier alpha value is -1.77. The summed E-state index contributed by atoms with van der Waals surface area (Å²) < 4.78 is 0.843. The van der Waals surface area contributed by atoms with Gasteiger partial charge in [0.05, 0.1) is 17.2 Å². The first-order chi connectivity index (χ1) is 9.60. The standard InChI is InChI=1S/C15H10BrNO2S/c16-12-4-5-13(15(18)19)14(7-12)20-9-11-3-1-2-10(6-11)8-17/h1-7H,9H2,(H,18,19). The number of carboxylic acid groups (broad SMARTS) is 1. The van der Waals surface area contributed by atoms with E-state index in [2.05, 4.69) is 22.0 Å². The molecular weight excluding hydrogens is 338 g/mol. The Balaban J connectivity index is 2.20. The van der Waals surface area contributed by atoms with Crippen LogP contribution < -0.4 is 0 Å². The monoisotopic (exact) mass is 347 g/mol.